The molecule has 5 nitrogen and oxygen atoms in total. The number of hydrogen-bond acceptors (Lipinski definition) is 3. The fraction of sp³-hybridized carbons (Fsp3) is 0.400. The second-order valence-electron chi connectivity index (χ2n) is 6.67. The number of nitrogens with zero attached hydrogens (tertiary/aromatic N) is 2. The van der Waals surface area contributed by atoms with Crippen LogP contribution in [0.2, 0.25) is 0 Å². The van der Waals surface area contributed by atoms with Crippen LogP contribution in [0.15, 0.2) is 47.1 Å². The van der Waals surface area contributed by atoms with E-state index in [0.717, 1.165) is 34.5 Å². The van der Waals surface area contributed by atoms with Crippen LogP contribution in [0.5, 0.6) is 0 Å². The highest BCUT2D eigenvalue weighted by Crippen LogP contribution is 2.19. The lowest BCUT2D eigenvalue weighted by Gasteiger charge is -2.28. The van der Waals surface area contributed by atoms with Gasteiger partial charge >= 0.3 is 6.03 Å². The van der Waals surface area contributed by atoms with E-state index in [1.165, 1.54) is 19.3 Å². The van der Waals surface area contributed by atoms with Crippen LogP contribution in [0.4, 0.5) is 10.6 Å². The van der Waals surface area contributed by atoms with Crippen molar-refractivity contribution in [2.75, 3.05) is 18.0 Å². The van der Waals surface area contributed by atoms with Crippen molar-refractivity contribution in [1.29, 1.82) is 0 Å². The third-order valence-electron chi connectivity index (χ3n) is 4.66. The lowest BCUT2D eigenvalue weighted by molar-refractivity contribution is 0.237. The van der Waals surface area contributed by atoms with Gasteiger partial charge in [0.25, 0.3) is 0 Å². The summed E-state index contributed by atoms with van der Waals surface area (Å²) in [6, 6.07) is 11.8. The molecule has 1 aliphatic heterocycles. The molecule has 138 valence electrons. The Bertz CT molecular complexity index is 729. The summed E-state index contributed by atoms with van der Waals surface area (Å²) in [6.45, 7) is 4.59. The molecule has 0 radical (unpaired) electrons. The molecule has 0 spiro atoms. The van der Waals surface area contributed by atoms with Crippen molar-refractivity contribution in [3.05, 3.63) is 58.2 Å². The largest absolute Gasteiger partial charge is 0.357 e. The molecule has 0 aliphatic carbocycles. The molecule has 2 N–H and O–H groups in total. The van der Waals surface area contributed by atoms with Gasteiger partial charge in [0, 0.05) is 30.3 Å². The Labute approximate surface area is 163 Å². The van der Waals surface area contributed by atoms with E-state index in [9.17, 15) is 4.79 Å². The fourth-order valence-corrected chi connectivity index (χ4v) is 3.40. The molecule has 6 heteroatoms. The average Bonchev–Trinajstić information content (AvgIpc) is 2.68. The van der Waals surface area contributed by atoms with E-state index in [-0.39, 0.29) is 12.1 Å². The first-order valence-corrected chi connectivity index (χ1v) is 9.91. The number of anilines is 1. The maximum Gasteiger partial charge on any atom is 0.315 e. The molecule has 1 aliphatic rings. The number of pyridine rings is 1. The van der Waals surface area contributed by atoms with Crippen molar-refractivity contribution >= 4 is 27.8 Å². The van der Waals surface area contributed by atoms with Gasteiger partial charge in [-0.3, -0.25) is 0 Å². The number of urea groups is 1. The number of carbonyl (C=O) groups excluding carboxylic acids is 1. The molecule has 0 saturated carbocycles. The van der Waals surface area contributed by atoms with Crippen LogP contribution in [0.1, 0.15) is 43.4 Å². The molecule has 2 amide bonds. The van der Waals surface area contributed by atoms with Crippen LogP contribution in [0, 0.1) is 0 Å². The first-order chi connectivity index (χ1) is 12.6. The lowest BCUT2D eigenvalue weighted by Crippen LogP contribution is -2.36. The Morgan fingerprint density at radius 2 is 1.92 bits per heavy atom. The Hall–Kier alpha value is -2.08. The summed E-state index contributed by atoms with van der Waals surface area (Å²) in [5.74, 6) is 1.01. The van der Waals surface area contributed by atoms with E-state index in [1.54, 1.807) is 0 Å². The van der Waals surface area contributed by atoms with Gasteiger partial charge in [-0.1, -0.05) is 28.1 Å². The second kappa shape index (κ2) is 9.03. The molecule has 1 saturated heterocycles. The van der Waals surface area contributed by atoms with E-state index in [4.69, 9.17) is 0 Å². The summed E-state index contributed by atoms with van der Waals surface area (Å²) >= 11 is 3.42. The van der Waals surface area contributed by atoms with Crippen LogP contribution in [-0.4, -0.2) is 24.1 Å². The minimum Gasteiger partial charge on any atom is -0.357 e. The molecule has 2 aromatic rings. The minimum atomic E-state index is -0.170. The Morgan fingerprint density at radius 1 is 1.19 bits per heavy atom. The fourth-order valence-electron chi connectivity index (χ4n) is 3.13. The standard InChI is InChI=1S/C20H25BrN4O/c1-15(17-5-7-18(21)8-6-17)24-20(26)23-14-16-9-10-22-19(13-16)25-11-3-2-4-12-25/h5-10,13,15H,2-4,11-12,14H2,1H3,(H2,23,24,26). The van der Waals surface area contributed by atoms with E-state index < -0.39 is 0 Å². The summed E-state index contributed by atoms with van der Waals surface area (Å²) in [4.78, 5) is 19.0. The van der Waals surface area contributed by atoms with Crippen molar-refractivity contribution in [2.24, 2.45) is 0 Å². The van der Waals surface area contributed by atoms with Gasteiger partial charge in [-0.2, -0.15) is 0 Å². The maximum absolute atomic E-state index is 12.2. The number of aromatic nitrogens is 1. The number of hydrogen-bond donors (Lipinski definition) is 2. The molecule has 2 heterocycles. The number of benzene rings is 1. The summed E-state index contributed by atoms with van der Waals surface area (Å²) < 4.78 is 1.03. The second-order valence-corrected chi connectivity index (χ2v) is 7.59. The molecule has 3 rings (SSSR count). The zero-order valence-electron chi connectivity index (χ0n) is 15.0. The van der Waals surface area contributed by atoms with Gasteiger partial charge in [0.05, 0.1) is 6.04 Å². The number of piperidine rings is 1. The number of amides is 2. The molecular formula is C20H25BrN4O. The third-order valence-corrected chi connectivity index (χ3v) is 5.19. The monoisotopic (exact) mass is 416 g/mol. The van der Waals surface area contributed by atoms with E-state index >= 15 is 0 Å². The lowest BCUT2D eigenvalue weighted by atomic mass is 10.1. The molecule has 1 fully saturated rings. The third kappa shape index (κ3) is 5.21. The predicted molar refractivity (Wildman–Crippen MR) is 108 cm³/mol. The Morgan fingerprint density at radius 3 is 2.65 bits per heavy atom. The first kappa shape index (κ1) is 18.7. The predicted octanol–water partition coefficient (Wildman–Crippen LogP) is 4.39. The topological polar surface area (TPSA) is 57.3 Å². The van der Waals surface area contributed by atoms with Crippen molar-refractivity contribution in [2.45, 2.75) is 38.8 Å². The van der Waals surface area contributed by atoms with Crippen LogP contribution < -0.4 is 15.5 Å². The van der Waals surface area contributed by atoms with E-state index in [2.05, 4.69) is 42.5 Å². The molecular weight excluding hydrogens is 392 g/mol. The van der Waals surface area contributed by atoms with E-state index in [1.807, 2.05) is 43.5 Å². The summed E-state index contributed by atoms with van der Waals surface area (Å²) in [7, 11) is 0. The first-order valence-electron chi connectivity index (χ1n) is 9.11. The van der Waals surface area contributed by atoms with Gasteiger partial charge < -0.3 is 15.5 Å². The van der Waals surface area contributed by atoms with Crippen molar-refractivity contribution in [3.8, 4) is 0 Å². The highest BCUT2D eigenvalue weighted by Gasteiger charge is 2.13. The molecule has 1 aromatic heterocycles. The highest BCUT2D eigenvalue weighted by atomic mass is 79.9. The molecule has 0 bridgehead atoms. The van der Waals surface area contributed by atoms with E-state index in [0.29, 0.717) is 6.54 Å². The summed E-state index contributed by atoms with van der Waals surface area (Å²) in [5, 5.41) is 5.91. The van der Waals surface area contributed by atoms with Crippen molar-refractivity contribution < 1.29 is 4.79 Å². The number of nitrogens with one attached hydrogen (secondary N) is 2. The zero-order valence-corrected chi connectivity index (χ0v) is 16.6. The maximum atomic E-state index is 12.2. The van der Waals surface area contributed by atoms with Gasteiger partial charge in [-0.25, -0.2) is 9.78 Å². The SMILES string of the molecule is CC(NC(=O)NCc1ccnc(N2CCCCC2)c1)c1ccc(Br)cc1. The van der Waals surface area contributed by atoms with Gasteiger partial charge in [-0.05, 0) is 61.6 Å². The smallest absolute Gasteiger partial charge is 0.315 e. The highest BCUT2D eigenvalue weighted by molar-refractivity contribution is 9.10. The Kier molecular flexibility index (Phi) is 6.50. The van der Waals surface area contributed by atoms with Gasteiger partial charge in [0.15, 0.2) is 0 Å². The molecule has 1 atom stereocenters. The quantitative estimate of drug-likeness (QED) is 0.759. The molecule has 26 heavy (non-hydrogen) atoms. The normalized spacial score (nSPS) is 15.4. The van der Waals surface area contributed by atoms with Crippen molar-refractivity contribution in [1.82, 2.24) is 15.6 Å². The van der Waals surface area contributed by atoms with Crippen LogP contribution in [-0.2, 0) is 6.54 Å². The van der Waals surface area contributed by atoms with Crippen LogP contribution >= 0.6 is 15.9 Å². The van der Waals surface area contributed by atoms with Gasteiger partial charge in [0.1, 0.15) is 5.82 Å². The summed E-state index contributed by atoms with van der Waals surface area (Å²) in [6.07, 6.45) is 5.57. The minimum absolute atomic E-state index is 0.0514. The van der Waals surface area contributed by atoms with Crippen LogP contribution in [0.25, 0.3) is 0 Å². The number of halogens is 1. The van der Waals surface area contributed by atoms with Crippen LogP contribution in [0.3, 0.4) is 0 Å². The van der Waals surface area contributed by atoms with Crippen molar-refractivity contribution in [3.63, 3.8) is 0 Å². The number of carbonyl (C=O) groups is 1. The van der Waals surface area contributed by atoms with Gasteiger partial charge in [0.2, 0.25) is 0 Å². The Balaban J connectivity index is 1.51. The summed E-state index contributed by atoms with van der Waals surface area (Å²) in [5.41, 5.74) is 2.13. The number of rotatable bonds is 5. The average molecular weight is 417 g/mol. The molecule has 1 aromatic carbocycles. The zero-order chi connectivity index (χ0) is 18.4. The molecule has 1 unspecified atom stereocenters. The van der Waals surface area contributed by atoms with Gasteiger partial charge in [-0.15, -0.1) is 0 Å².